The fraction of sp³-hybridized carbons (Fsp3) is 0. The highest BCUT2D eigenvalue weighted by Gasteiger charge is 2.05. The highest BCUT2D eigenvalue weighted by atomic mass is 16.1. The fourth-order valence-electron chi connectivity index (χ4n) is 1.14. The first-order chi connectivity index (χ1) is 7.63. The van der Waals surface area contributed by atoms with Crippen LogP contribution in [0.1, 0.15) is 0 Å². The molecule has 1 rings (SSSR count). The molecule has 0 saturated heterocycles. The van der Waals surface area contributed by atoms with Gasteiger partial charge in [-0.3, -0.25) is 4.79 Å². The predicted octanol–water partition coefficient (Wildman–Crippen LogP) is 2.21. The third-order valence-corrected chi connectivity index (χ3v) is 1.85. The average molecular weight is 214 g/mol. The van der Waals surface area contributed by atoms with Crippen LogP contribution in [-0.4, -0.2) is 5.91 Å². The Morgan fingerprint density at radius 3 is 2.44 bits per heavy atom. The number of hydrogen-bond acceptors (Lipinski definition) is 2. The zero-order chi connectivity index (χ0) is 12.0. The second kappa shape index (κ2) is 5.56. The molecule has 0 aromatic heterocycles. The number of nitrogens with one attached hydrogen (secondary N) is 1. The molecule has 0 saturated carbocycles. The van der Waals surface area contributed by atoms with Gasteiger partial charge in [-0.25, -0.2) is 0 Å². The Bertz CT molecular complexity index is 433. The summed E-state index contributed by atoms with van der Waals surface area (Å²) in [6, 6.07) is 9.16. The van der Waals surface area contributed by atoms with Crippen LogP contribution in [0.15, 0.2) is 66.9 Å². The van der Waals surface area contributed by atoms with Crippen molar-refractivity contribution in [1.29, 1.82) is 0 Å². The average Bonchev–Trinajstić information content (AvgIpc) is 2.26. The number of nitrogens with two attached hydrogens (primary N) is 1. The minimum absolute atomic E-state index is 0.257. The highest BCUT2D eigenvalue weighted by Crippen LogP contribution is 2.08. The molecule has 82 valence electrons. The van der Waals surface area contributed by atoms with Crippen LogP contribution >= 0.6 is 0 Å². The lowest BCUT2D eigenvalue weighted by molar-refractivity contribution is -0.112. The van der Waals surface area contributed by atoms with Gasteiger partial charge in [0.1, 0.15) is 0 Å². The minimum Gasteiger partial charge on any atom is -0.399 e. The first-order valence-corrected chi connectivity index (χ1v) is 4.78. The standard InChI is InChI=1S/C13H14N2O/c1-3-11(9-10(2)14)13(16)15-12-7-5-4-6-8-12/h3-9H,1-2,14H2,(H,15,16)/b11-9+. The van der Waals surface area contributed by atoms with Gasteiger partial charge in [-0.2, -0.15) is 0 Å². The Balaban J connectivity index is 2.79. The number of benzene rings is 1. The number of rotatable bonds is 4. The van der Waals surface area contributed by atoms with Crippen molar-refractivity contribution in [2.45, 2.75) is 0 Å². The largest absolute Gasteiger partial charge is 0.399 e. The van der Waals surface area contributed by atoms with Crippen LogP contribution < -0.4 is 11.1 Å². The van der Waals surface area contributed by atoms with Gasteiger partial charge in [-0.05, 0) is 18.2 Å². The summed E-state index contributed by atoms with van der Waals surface area (Å²) < 4.78 is 0. The van der Waals surface area contributed by atoms with Crippen molar-refractivity contribution in [2.75, 3.05) is 5.32 Å². The Morgan fingerprint density at radius 1 is 1.31 bits per heavy atom. The normalized spacial score (nSPS) is 10.6. The Labute approximate surface area is 95.0 Å². The van der Waals surface area contributed by atoms with Crippen LogP contribution in [0.4, 0.5) is 5.69 Å². The lowest BCUT2D eigenvalue weighted by atomic mass is 10.2. The van der Waals surface area contributed by atoms with E-state index in [0.717, 1.165) is 5.69 Å². The summed E-state index contributed by atoms with van der Waals surface area (Å²) in [7, 11) is 0. The van der Waals surface area contributed by atoms with Gasteiger partial charge in [-0.15, -0.1) is 0 Å². The van der Waals surface area contributed by atoms with E-state index in [1.807, 2.05) is 18.2 Å². The van der Waals surface area contributed by atoms with E-state index in [2.05, 4.69) is 18.5 Å². The van der Waals surface area contributed by atoms with Gasteiger partial charge in [0, 0.05) is 17.0 Å². The summed E-state index contributed by atoms with van der Waals surface area (Å²) in [5, 5.41) is 2.72. The number of allylic oxidation sites excluding steroid dienone is 1. The molecule has 0 aliphatic heterocycles. The van der Waals surface area contributed by atoms with Crippen molar-refractivity contribution in [3.05, 3.63) is 66.9 Å². The van der Waals surface area contributed by atoms with E-state index >= 15 is 0 Å². The summed E-state index contributed by atoms with van der Waals surface area (Å²) in [5.74, 6) is -0.257. The maximum atomic E-state index is 11.7. The first-order valence-electron chi connectivity index (χ1n) is 4.78. The summed E-state index contributed by atoms with van der Waals surface area (Å²) in [6.07, 6.45) is 2.92. The van der Waals surface area contributed by atoms with Crippen molar-refractivity contribution in [3.63, 3.8) is 0 Å². The zero-order valence-corrected chi connectivity index (χ0v) is 8.94. The molecule has 0 aliphatic carbocycles. The van der Waals surface area contributed by atoms with Crippen LogP contribution in [0.3, 0.4) is 0 Å². The van der Waals surface area contributed by atoms with Crippen LogP contribution in [-0.2, 0) is 4.79 Å². The molecule has 3 nitrogen and oxygen atoms in total. The van der Waals surface area contributed by atoms with E-state index in [4.69, 9.17) is 5.73 Å². The molecule has 0 fully saturated rings. The predicted molar refractivity (Wildman–Crippen MR) is 66.7 cm³/mol. The molecular weight excluding hydrogens is 200 g/mol. The number of carbonyl (C=O) groups is 1. The van der Waals surface area contributed by atoms with Crippen molar-refractivity contribution in [1.82, 2.24) is 0 Å². The summed E-state index contributed by atoms with van der Waals surface area (Å²) in [5.41, 5.74) is 6.83. The molecule has 3 N–H and O–H groups in total. The van der Waals surface area contributed by atoms with Crippen LogP contribution in [0.5, 0.6) is 0 Å². The van der Waals surface area contributed by atoms with E-state index < -0.39 is 0 Å². The number of amides is 1. The van der Waals surface area contributed by atoms with E-state index in [1.54, 1.807) is 12.1 Å². The Kier molecular flexibility index (Phi) is 4.09. The fourth-order valence-corrected chi connectivity index (χ4v) is 1.14. The monoisotopic (exact) mass is 214 g/mol. The molecule has 16 heavy (non-hydrogen) atoms. The lowest BCUT2D eigenvalue weighted by Gasteiger charge is -2.05. The second-order valence-electron chi connectivity index (χ2n) is 3.20. The van der Waals surface area contributed by atoms with Gasteiger partial charge in [0.05, 0.1) is 0 Å². The maximum absolute atomic E-state index is 11.7. The Hall–Kier alpha value is -2.29. The number of anilines is 1. The van der Waals surface area contributed by atoms with Crippen LogP contribution in [0, 0.1) is 0 Å². The van der Waals surface area contributed by atoms with Gasteiger partial charge in [0.25, 0.3) is 5.91 Å². The molecule has 0 bridgehead atoms. The first kappa shape index (κ1) is 11.8. The third-order valence-electron chi connectivity index (χ3n) is 1.85. The summed E-state index contributed by atoms with van der Waals surface area (Å²) >= 11 is 0. The Morgan fingerprint density at radius 2 is 1.94 bits per heavy atom. The lowest BCUT2D eigenvalue weighted by Crippen LogP contribution is -2.13. The molecule has 3 heteroatoms. The number of hydrogen-bond donors (Lipinski definition) is 2. The number of carbonyl (C=O) groups excluding carboxylic acids is 1. The smallest absolute Gasteiger partial charge is 0.255 e. The van der Waals surface area contributed by atoms with Gasteiger partial charge >= 0.3 is 0 Å². The molecular formula is C13H14N2O. The molecule has 0 radical (unpaired) electrons. The topological polar surface area (TPSA) is 55.1 Å². The molecule has 1 aromatic carbocycles. The quantitative estimate of drug-likeness (QED) is 0.596. The summed E-state index contributed by atoms with van der Waals surface area (Å²) in [4.78, 5) is 11.7. The molecule has 0 atom stereocenters. The molecule has 0 aliphatic rings. The van der Waals surface area contributed by atoms with Crippen molar-refractivity contribution in [2.24, 2.45) is 5.73 Å². The van der Waals surface area contributed by atoms with Gasteiger partial charge in [0.15, 0.2) is 0 Å². The minimum atomic E-state index is -0.257. The van der Waals surface area contributed by atoms with E-state index in [0.29, 0.717) is 11.3 Å². The summed E-state index contributed by atoms with van der Waals surface area (Å²) in [6.45, 7) is 7.06. The van der Waals surface area contributed by atoms with Gasteiger partial charge < -0.3 is 11.1 Å². The third kappa shape index (κ3) is 3.46. The van der Waals surface area contributed by atoms with Gasteiger partial charge in [-0.1, -0.05) is 37.4 Å². The van der Waals surface area contributed by atoms with Crippen LogP contribution in [0.25, 0.3) is 0 Å². The molecule has 0 spiro atoms. The molecule has 1 amide bonds. The zero-order valence-electron chi connectivity index (χ0n) is 8.94. The van der Waals surface area contributed by atoms with Crippen molar-refractivity contribution < 1.29 is 4.79 Å². The van der Waals surface area contributed by atoms with E-state index in [1.165, 1.54) is 12.2 Å². The van der Waals surface area contributed by atoms with E-state index in [-0.39, 0.29) is 5.91 Å². The van der Waals surface area contributed by atoms with Gasteiger partial charge in [0.2, 0.25) is 0 Å². The SMILES string of the molecule is C=C/C(=C\C(=C)N)C(=O)Nc1ccccc1. The molecule has 0 unspecified atom stereocenters. The molecule has 1 aromatic rings. The van der Waals surface area contributed by atoms with Crippen molar-refractivity contribution >= 4 is 11.6 Å². The second-order valence-corrected chi connectivity index (χ2v) is 3.20. The maximum Gasteiger partial charge on any atom is 0.255 e. The van der Waals surface area contributed by atoms with Crippen molar-refractivity contribution in [3.8, 4) is 0 Å². The van der Waals surface area contributed by atoms with Crippen LogP contribution in [0.2, 0.25) is 0 Å². The highest BCUT2D eigenvalue weighted by molar-refractivity contribution is 6.05. The van der Waals surface area contributed by atoms with E-state index in [9.17, 15) is 4.79 Å². The molecule has 0 heterocycles. The number of para-hydroxylation sites is 1.